The van der Waals surface area contributed by atoms with E-state index in [-0.39, 0.29) is 36.2 Å². The number of benzene rings is 1. The van der Waals surface area contributed by atoms with E-state index in [1.54, 1.807) is 44.4 Å². The number of Topliss-reactive ketones (excluding diaryl/α,β-unsaturated/α-hetero) is 1. The first-order chi connectivity index (χ1) is 18.9. The lowest BCUT2D eigenvalue weighted by Crippen LogP contribution is -2.68. The van der Waals surface area contributed by atoms with Gasteiger partial charge in [0, 0.05) is 27.7 Å². The molecular weight excluding hydrogens is 529 g/mol. The summed E-state index contributed by atoms with van der Waals surface area (Å²) in [6.07, 6.45) is 5.16. The van der Waals surface area contributed by atoms with Crippen LogP contribution < -0.4 is 4.74 Å². The van der Waals surface area contributed by atoms with E-state index in [0.29, 0.717) is 41.3 Å². The number of hydrogen-bond donors (Lipinski definition) is 2. The van der Waals surface area contributed by atoms with Gasteiger partial charge in [0.15, 0.2) is 17.2 Å². The summed E-state index contributed by atoms with van der Waals surface area (Å²) in [7, 11) is 1.55. The van der Waals surface area contributed by atoms with Gasteiger partial charge in [-0.05, 0) is 68.7 Å². The molecule has 1 aromatic heterocycles. The number of allylic oxidation sites excluding steroid dienone is 4. The highest BCUT2D eigenvalue weighted by Crippen LogP contribution is 2.72. The van der Waals surface area contributed by atoms with Crippen molar-refractivity contribution in [2.45, 2.75) is 70.2 Å². The summed E-state index contributed by atoms with van der Waals surface area (Å²) in [6, 6.07) is 7.00. The first kappa shape index (κ1) is 27.5. The molecule has 212 valence electrons. The van der Waals surface area contributed by atoms with Crippen LogP contribution in [0.2, 0.25) is 0 Å². The van der Waals surface area contributed by atoms with Crippen LogP contribution in [0, 0.1) is 28.6 Å². The fraction of sp³-hybridized carbons (Fsp3) is 0.531. The molecule has 4 aliphatic rings. The van der Waals surface area contributed by atoms with Gasteiger partial charge in [0.2, 0.25) is 0 Å². The van der Waals surface area contributed by atoms with Gasteiger partial charge < -0.3 is 14.9 Å². The van der Waals surface area contributed by atoms with Crippen molar-refractivity contribution in [3.05, 3.63) is 69.7 Å². The minimum absolute atomic E-state index is 0.0752. The first-order valence-electron chi connectivity index (χ1n) is 14.0. The summed E-state index contributed by atoms with van der Waals surface area (Å²) in [6.45, 7) is 5.75. The van der Waals surface area contributed by atoms with Crippen molar-refractivity contribution in [1.82, 2.24) is 4.98 Å². The molecule has 0 saturated heterocycles. The maximum absolute atomic E-state index is 17.4. The third-order valence-corrected chi connectivity index (χ3v) is 11.7. The fourth-order valence-electron chi connectivity index (χ4n) is 8.70. The van der Waals surface area contributed by atoms with Gasteiger partial charge in [-0.3, -0.25) is 9.59 Å². The predicted molar refractivity (Wildman–Crippen MR) is 150 cm³/mol. The van der Waals surface area contributed by atoms with Crippen LogP contribution in [0.3, 0.4) is 0 Å². The molecule has 3 saturated carbocycles. The van der Waals surface area contributed by atoms with Crippen LogP contribution in [0.4, 0.5) is 4.39 Å². The fourth-order valence-corrected chi connectivity index (χ4v) is 9.54. The van der Waals surface area contributed by atoms with Crippen molar-refractivity contribution < 1.29 is 28.9 Å². The second kappa shape index (κ2) is 9.16. The molecule has 0 aliphatic heterocycles. The average Bonchev–Trinajstić information content (AvgIpc) is 3.47. The van der Waals surface area contributed by atoms with Crippen LogP contribution in [0.25, 0.3) is 0 Å². The van der Waals surface area contributed by atoms with Gasteiger partial charge in [-0.25, -0.2) is 9.37 Å². The number of ether oxygens (including phenoxy) is 1. The highest BCUT2D eigenvalue weighted by molar-refractivity contribution is 7.09. The molecule has 6 rings (SSSR count). The number of aliphatic hydroxyl groups is 2. The quantitative estimate of drug-likeness (QED) is 0.473. The Morgan fingerprint density at radius 3 is 2.80 bits per heavy atom. The number of carbonyl (C=O) groups excluding carboxylic acids is 2. The third kappa shape index (κ3) is 3.55. The average molecular weight is 566 g/mol. The van der Waals surface area contributed by atoms with Gasteiger partial charge >= 0.3 is 0 Å². The molecule has 4 aliphatic carbocycles. The standard InChI is InChI=1S/C32H36FNO5S/c1-18-12-24-23-9-8-20-14-21(35)10-11-29(20,2)31(23,33)27(37)16-30(24,3)32(18,38)26-17-40-28(34-26)15-25(36)19-6-5-7-22(13-19)39-4/h5-7,10-11,13-14,17-18,23-24,27,37-38H,8-9,12,15-16H2,1-4H3/t18-,23+,24+,27+,29+,30+,31+,32+/m1/s1. The van der Waals surface area contributed by atoms with Gasteiger partial charge in [0.25, 0.3) is 0 Å². The molecule has 0 unspecified atom stereocenters. The first-order valence-corrected chi connectivity index (χ1v) is 14.9. The molecule has 0 spiro atoms. The maximum Gasteiger partial charge on any atom is 0.178 e. The molecule has 8 heteroatoms. The number of fused-ring (bicyclic) bond motifs is 5. The minimum atomic E-state index is -1.94. The van der Waals surface area contributed by atoms with Crippen LogP contribution in [0.5, 0.6) is 5.75 Å². The summed E-state index contributed by atoms with van der Waals surface area (Å²) in [5.41, 5.74) is -3.45. The minimum Gasteiger partial charge on any atom is -0.497 e. The third-order valence-electron chi connectivity index (χ3n) is 10.9. The van der Waals surface area contributed by atoms with Gasteiger partial charge in [0.1, 0.15) is 16.4 Å². The molecule has 0 radical (unpaired) electrons. The molecular formula is C32H36FNO5S. The number of nitrogens with zero attached hydrogens (tertiary/aromatic N) is 1. The molecule has 1 heterocycles. The van der Waals surface area contributed by atoms with E-state index >= 15 is 4.39 Å². The van der Waals surface area contributed by atoms with Gasteiger partial charge in [-0.1, -0.05) is 37.6 Å². The normalized spacial score (nSPS) is 40.2. The van der Waals surface area contributed by atoms with Crippen LogP contribution in [-0.4, -0.2) is 45.6 Å². The lowest BCUT2D eigenvalue weighted by molar-refractivity contribution is -0.223. The Bertz CT molecular complexity index is 1450. The smallest absolute Gasteiger partial charge is 0.178 e. The van der Waals surface area contributed by atoms with Crippen LogP contribution >= 0.6 is 11.3 Å². The number of halogens is 1. The molecule has 0 bridgehead atoms. The number of aromatic nitrogens is 1. The Balaban J connectivity index is 1.32. The zero-order valence-corrected chi connectivity index (χ0v) is 24.1. The number of thiazole rings is 1. The Hall–Kier alpha value is -2.68. The molecule has 8 atom stereocenters. The monoisotopic (exact) mass is 565 g/mol. The summed E-state index contributed by atoms with van der Waals surface area (Å²) in [5, 5.41) is 26.5. The highest BCUT2D eigenvalue weighted by Gasteiger charge is 2.74. The lowest BCUT2D eigenvalue weighted by Gasteiger charge is -2.62. The Morgan fingerprint density at radius 2 is 2.05 bits per heavy atom. The number of alkyl halides is 1. The lowest BCUT2D eigenvalue weighted by atomic mass is 9.44. The Morgan fingerprint density at radius 1 is 1.27 bits per heavy atom. The van der Waals surface area contributed by atoms with E-state index in [1.165, 1.54) is 23.5 Å². The van der Waals surface area contributed by atoms with Crippen LogP contribution in [-0.2, 0) is 16.8 Å². The van der Waals surface area contributed by atoms with Crippen LogP contribution in [0.1, 0.15) is 67.5 Å². The van der Waals surface area contributed by atoms with Gasteiger partial charge in [0.05, 0.1) is 25.3 Å². The maximum atomic E-state index is 17.4. The SMILES string of the molecule is COc1cccc(C(=O)Cc2nc([C@@]3(O)[C@H](C)C[C@H]4[C@@H]5CCC6=CC(=O)C=C[C@]6(C)[C@@]5(F)[C@@H](O)C[C@@]43C)cs2)c1. The largest absolute Gasteiger partial charge is 0.497 e. The van der Waals surface area contributed by atoms with Crippen molar-refractivity contribution >= 4 is 22.9 Å². The number of methoxy groups -OCH3 is 1. The van der Waals surface area contributed by atoms with E-state index in [0.717, 1.165) is 5.57 Å². The number of aliphatic hydroxyl groups excluding tert-OH is 1. The van der Waals surface area contributed by atoms with E-state index in [2.05, 4.69) is 0 Å². The van der Waals surface area contributed by atoms with E-state index in [1.807, 2.05) is 19.2 Å². The van der Waals surface area contributed by atoms with E-state index in [9.17, 15) is 19.8 Å². The van der Waals surface area contributed by atoms with Gasteiger partial charge in [-0.2, -0.15) is 0 Å². The summed E-state index contributed by atoms with van der Waals surface area (Å²) in [4.78, 5) is 29.9. The second-order valence-corrected chi connectivity index (χ2v) is 13.6. The summed E-state index contributed by atoms with van der Waals surface area (Å²) in [5.74, 6) is -0.525. The van der Waals surface area contributed by atoms with Crippen molar-refractivity contribution in [2.75, 3.05) is 7.11 Å². The zero-order chi connectivity index (χ0) is 28.7. The summed E-state index contributed by atoms with van der Waals surface area (Å²) < 4.78 is 22.7. The van der Waals surface area contributed by atoms with E-state index < -0.39 is 34.1 Å². The highest BCUT2D eigenvalue weighted by atomic mass is 32.1. The Labute approximate surface area is 238 Å². The van der Waals surface area contributed by atoms with Crippen molar-refractivity contribution in [1.29, 1.82) is 0 Å². The van der Waals surface area contributed by atoms with Crippen LogP contribution in [0.15, 0.2) is 53.4 Å². The summed E-state index contributed by atoms with van der Waals surface area (Å²) >= 11 is 1.34. The molecule has 40 heavy (non-hydrogen) atoms. The number of carbonyl (C=O) groups is 2. The predicted octanol–water partition coefficient (Wildman–Crippen LogP) is 5.38. The topological polar surface area (TPSA) is 96.7 Å². The zero-order valence-electron chi connectivity index (χ0n) is 23.3. The van der Waals surface area contributed by atoms with Crippen molar-refractivity contribution in [3.8, 4) is 5.75 Å². The van der Waals surface area contributed by atoms with E-state index in [4.69, 9.17) is 9.72 Å². The number of rotatable bonds is 5. The molecule has 3 fully saturated rings. The molecule has 6 nitrogen and oxygen atoms in total. The molecule has 2 aromatic rings. The molecule has 1 aromatic carbocycles. The Kier molecular flexibility index (Phi) is 6.30. The van der Waals surface area contributed by atoms with Crippen molar-refractivity contribution in [2.24, 2.45) is 28.6 Å². The number of hydrogen-bond acceptors (Lipinski definition) is 7. The number of ketones is 2. The second-order valence-electron chi connectivity index (χ2n) is 12.6. The molecule has 2 N–H and O–H groups in total. The van der Waals surface area contributed by atoms with Crippen molar-refractivity contribution in [3.63, 3.8) is 0 Å². The molecule has 0 amide bonds. The van der Waals surface area contributed by atoms with Gasteiger partial charge in [-0.15, -0.1) is 11.3 Å².